The fourth-order valence-corrected chi connectivity index (χ4v) is 3.58. The summed E-state index contributed by atoms with van der Waals surface area (Å²) in [5, 5.41) is 2.49. The molecule has 2 heterocycles. The number of thiazole rings is 1. The Hall–Kier alpha value is -2.45. The Bertz CT molecular complexity index is 770. The molecule has 1 aliphatic heterocycles. The fourth-order valence-electron chi connectivity index (χ4n) is 2.72. The lowest BCUT2D eigenvalue weighted by Crippen LogP contribution is -2.42. The number of ether oxygens (including phenoxy) is 1. The van der Waals surface area contributed by atoms with E-state index in [0.717, 1.165) is 30.2 Å². The zero-order valence-corrected chi connectivity index (χ0v) is 16.2. The predicted octanol–water partition coefficient (Wildman–Crippen LogP) is 1.94. The summed E-state index contributed by atoms with van der Waals surface area (Å²) in [6, 6.07) is 8.22. The number of hydrogen-bond donors (Lipinski definition) is 2. The van der Waals surface area contributed by atoms with Gasteiger partial charge in [-0.05, 0) is 24.0 Å². The van der Waals surface area contributed by atoms with Crippen LogP contribution in [0.3, 0.4) is 0 Å². The number of rotatable bonds is 6. The molecule has 0 radical (unpaired) electrons. The summed E-state index contributed by atoms with van der Waals surface area (Å²) in [5.41, 5.74) is 7.56. The number of carbonyl (C=O) groups excluding carboxylic acids is 2. The molecule has 27 heavy (non-hydrogen) atoms. The number of anilines is 1. The Labute approximate surface area is 162 Å². The van der Waals surface area contributed by atoms with E-state index in [4.69, 9.17) is 4.74 Å². The molecule has 1 aromatic heterocycles. The zero-order valence-electron chi connectivity index (χ0n) is 15.4. The Balaban J connectivity index is 1.42. The first kappa shape index (κ1) is 19.3. The number of aromatic nitrogens is 1. The normalized spacial score (nSPS) is 14.0. The predicted molar refractivity (Wildman–Crippen MR) is 105 cm³/mol. The third-order valence-electron chi connectivity index (χ3n) is 4.39. The highest BCUT2D eigenvalue weighted by Crippen LogP contribution is 2.21. The molecule has 0 aliphatic carbocycles. The Morgan fingerprint density at radius 1 is 1.15 bits per heavy atom. The molecule has 1 fully saturated rings. The largest absolute Gasteiger partial charge is 0.378 e. The lowest BCUT2D eigenvalue weighted by Gasteiger charge is -2.25. The second-order valence-electron chi connectivity index (χ2n) is 6.29. The van der Waals surface area contributed by atoms with Crippen molar-refractivity contribution in [3.05, 3.63) is 46.5 Å². The van der Waals surface area contributed by atoms with Crippen molar-refractivity contribution in [1.82, 2.24) is 15.8 Å². The van der Waals surface area contributed by atoms with Gasteiger partial charge in [-0.15, -0.1) is 11.3 Å². The van der Waals surface area contributed by atoms with E-state index in [2.05, 4.69) is 39.8 Å². The molecule has 0 saturated carbocycles. The van der Waals surface area contributed by atoms with Gasteiger partial charge < -0.3 is 9.64 Å². The van der Waals surface area contributed by atoms with E-state index in [1.165, 1.54) is 16.9 Å². The minimum absolute atomic E-state index is 0.230. The van der Waals surface area contributed by atoms with Crippen molar-refractivity contribution in [2.45, 2.75) is 26.2 Å². The molecule has 1 saturated heterocycles. The minimum Gasteiger partial charge on any atom is -0.378 e. The van der Waals surface area contributed by atoms with Gasteiger partial charge in [0.15, 0.2) is 5.13 Å². The molecule has 0 atom stereocenters. The summed E-state index contributed by atoms with van der Waals surface area (Å²) in [5.74, 6) is -0.641. The van der Waals surface area contributed by atoms with Gasteiger partial charge in [0, 0.05) is 24.9 Å². The molecular weight excluding hydrogens is 364 g/mol. The summed E-state index contributed by atoms with van der Waals surface area (Å²) < 4.78 is 5.32. The third-order valence-corrected chi connectivity index (χ3v) is 5.30. The molecule has 0 bridgehead atoms. The van der Waals surface area contributed by atoms with Crippen LogP contribution in [0.4, 0.5) is 5.13 Å². The highest BCUT2D eigenvalue weighted by molar-refractivity contribution is 7.13. The van der Waals surface area contributed by atoms with Gasteiger partial charge in [-0.1, -0.05) is 31.2 Å². The van der Waals surface area contributed by atoms with E-state index in [0.29, 0.717) is 31.7 Å². The molecule has 8 heteroatoms. The van der Waals surface area contributed by atoms with Crippen LogP contribution in [0.1, 0.15) is 35.0 Å². The lowest BCUT2D eigenvalue weighted by molar-refractivity contribution is -0.121. The summed E-state index contributed by atoms with van der Waals surface area (Å²) >= 11 is 1.41. The number of nitrogens with zero attached hydrogens (tertiary/aromatic N) is 2. The first-order chi connectivity index (χ1) is 13.2. The number of amides is 2. The molecule has 1 aromatic carbocycles. The van der Waals surface area contributed by atoms with E-state index in [9.17, 15) is 9.59 Å². The van der Waals surface area contributed by atoms with E-state index < -0.39 is 5.91 Å². The number of carbonyl (C=O) groups is 2. The van der Waals surface area contributed by atoms with Gasteiger partial charge in [0.05, 0.1) is 13.2 Å². The Kier molecular flexibility index (Phi) is 6.78. The third kappa shape index (κ3) is 5.51. The Morgan fingerprint density at radius 3 is 2.56 bits per heavy atom. The van der Waals surface area contributed by atoms with Crippen molar-refractivity contribution in [1.29, 1.82) is 0 Å². The molecule has 2 aromatic rings. The van der Waals surface area contributed by atoms with Gasteiger partial charge in [0.1, 0.15) is 5.69 Å². The molecular formula is C19H24N4O3S. The number of hydrogen-bond acceptors (Lipinski definition) is 6. The molecule has 2 amide bonds. The van der Waals surface area contributed by atoms with Crippen LogP contribution >= 0.6 is 11.3 Å². The average Bonchev–Trinajstić information content (AvgIpc) is 3.22. The van der Waals surface area contributed by atoms with Crippen LogP contribution in [0, 0.1) is 0 Å². The van der Waals surface area contributed by atoms with E-state index in [-0.39, 0.29) is 5.91 Å². The van der Waals surface area contributed by atoms with Gasteiger partial charge in [-0.3, -0.25) is 20.4 Å². The van der Waals surface area contributed by atoms with Gasteiger partial charge in [0.2, 0.25) is 5.91 Å². The Morgan fingerprint density at radius 2 is 1.85 bits per heavy atom. The highest BCUT2D eigenvalue weighted by atomic mass is 32.1. The van der Waals surface area contributed by atoms with Crippen molar-refractivity contribution >= 4 is 28.3 Å². The average molecular weight is 388 g/mol. The molecule has 2 N–H and O–H groups in total. The number of nitrogens with one attached hydrogen (secondary N) is 2. The van der Waals surface area contributed by atoms with Crippen LogP contribution in [-0.2, 0) is 22.4 Å². The van der Waals surface area contributed by atoms with Crippen LogP contribution in [0.5, 0.6) is 0 Å². The highest BCUT2D eigenvalue weighted by Gasteiger charge is 2.17. The summed E-state index contributed by atoms with van der Waals surface area (Å²) in [6.45, 7) is 4.98. The van der Waals surface area contributed by atoms with E-state index in [1.54, 1.807) is 5.38 Å². The van der Waals surface area contributed by atoms with Gasteiger partial charge in [0.25, 0.3) is 5.91 Å². The van der Waals surface area contributed by atoms with Crippen molar-refractivity contribution in [2.24, 2.45) is 0 Å². The van der Waals surface area contributed by atoms with Crippen LogP contribution in [0.2, 0.25) is 0 Å². The summed E-state index contributed by atoms with van der Waals surface area (Å²) in [6.07, 6.45) is 1.93. The van der Waals surface area contributed by atoms with Crippen LogP contribution in [-0.4, -0.2) is 43.1 Å². The maximum absolute atomic E-state index is 12.2. The van der Waals surface area contributed by atoms with Crippen LogP contribution < -0.4 is 15.8 Å². The van der Waals surface area contributed by atoms with Gasteiger partial charge >= 0.3 is 0 Å². The minimum atomic E-state index is -0.411. The quantitative estimate of drug-likeness (QED) is 0.739. The van der Waals surface area contributed by atoms with E-state index >= 15 is 0 Å². The van der Waals surface area contributed by atoms with Crippen molar-refractivity contribution in [3.63, 3.8) is 0 Å². The molecule has 144 valence electrons. The zero-order chi connectivity index (χ0) is 19.1. The molecule has 1 aliphatic rings. The van der Waals surface area contributed by atoms with Gasteiger partial charge in [-0.25, -0.2) is 4.98 Å². The number of morpholine rings is 1. The molecule has 3 rings (SSSR count). The standard InChI is InChI=1S/C19H24N4O3S/c1-2-14-3-5-15(6-4-14)7-8-17(24)21-22-18(25)16-13-27-19(20-16)23-9-11-26-12-10-23/h3-6,13H,2,7-12H2,1H3,(H,21,24)(H,22,25). The number of aryl methyl sites for hydroxylation is 2. The first-order valence-electron chi connectivity index (χ1n) is 9.11. The number of hydrazine groups is 1. The maximum Gasteiger partial charge on any atom is 0.289 e. The van der Waals surface area contributed by atoms with Crippen molar-refractivity contribution in [3.8, 4) is 0 Å². The van der Waals surface area contributed by atoms with Crippen LogP contribution in [0.25, 0.3) is 0 Å². The fraction of sp³-hybridized carbons (Fsp3) is 0.421. The second kappa shape index (κ2) is 9.48. The monoisotopic (exact) mass is 388 g/mol. The maximum atomic E-state index is 12.2. The molecule has 0 unspecified atom stereocenters. The lowest BCUT2D eigenvalue weighted by atomic mass is 10.1. The second-order valence-corrected chi connectivity index (χ2v) is 7.12. The number of benzene rings is 1. The summed E-state index contributed by atoms with van der Waals surface area (Å²) in [4.78, 5) is 30.6. The van der Waals surface area contributed by atoms with Crippen LogP contribution in [0.15, 0.2) is 29.6 Å². The van der Waals surface area contributed by atoms with Gasteiger partial charge in [-0.2, -0.15) is 0 Å². The molecule has 0 spiro atoms. The molecule has 7 nitrogen and oxygen atoms in total. The smallest absolute Gasteiger partial charge is 0.289 e. The SMILES string of the molecule is CCc1ccc(CCC(=O)NNC(=O)c2csc(N3CCOCC3)n2)cc1. The topological polar surface area (TPSA) is 83.6 Å². The first-order valence-corrected chi connectivity index (χ1v) is 9.99. The summed E-state index contributed by atoms with van der Waals surface area (Å²) in [7, 11) is 0. The van der Waals surface area contributed by atoms with Crippen molar-refractivity contribution in [2.75, 3.05) is 31.2 Å². The van der Waals surface area contributed by atoms with Crippen molar-refractivity contribution < 1.29 is 14.3 Å². The van der Waals surface area contributed by atoms with E-state index in [1.807, 2.05) is 12.1 Å².